The average molecular weight is 360 g/mol. The molecule has 138 valence electrons. The molecule has 4 rings (SSSR count). The molecule has 4 heteroatoms. The van der Waals surface area contributed by atoms with Gasteiger partial charge in [0.05, 0.1) is 6.04 Å². The Bertz CT molecular complexity index is 888. The molecular formula is C23H24N2O2. The van der Waals surface area contributed by atoms with E-state index < -0.39 is 0 Å². The third kappa shape index (κ3) is 3.75. The van der Waals surface area contributed by atoms with E-state index in [4.69, 9.17) is 0 Å². The lowest BCUT2D eigenvalue weighted by molar-refractivity contribution is -0.114. The monoisotopic (exact) mass is 360 g/mol. The Morgan fingerprint density at radius 3 is 2.52 bits per heavy atom. The fourth-order valence-corrected chi connectivity index (χ4v) is 4.04. The number of piperazine rings is 1. The van der Waals surface area contributed by atoms with Crippen molar-refractivity contribution in [1.82, 2.24) is 0 Å². The number of para-hydroxylation sites is 1. The van der Waals surface area contributed by atoms with Crippen LogP contribution in [0.2, 0.25) is 0 Å². The number of rotatable bonds is 4. The molecule has 1 unspecified atom stereocenters. The van der Waals surface area contributed by atoms with Gasteiger partial charge in [-0.1, -0.05) is 36.9 Å². The number of aromatic hydroxyl groups is 1. The van der Waals surface area contributed by atoms with Gasteiger partial charge >= 0.3 is 0 Å². The number of phenolic OH excluding ortho intramolecular Hbond substituents is 1. The zero-order valence-corrected chi connectivity index (χ0v) is 15.3. The van der Waals surface area contributed by atoms with Crippen LogP contribution in [-0.2, 0) is 4.79 Å². The lowest BCUT2D eigenvalue weighted by Gasteiger charge is -2.44. The van der Waals surface area contributed by atoms with E-state index >= 15 is 0 Å². The van der Waals surface area contributed by atoms with E-state index in [1.807, 2.05) is 24.3 Å². The number of phenols is 1. The van der Waals surface area contributed by atoms with E-state index in [9.17, 15) is 9.90 Å². The van der Waals surface area contributed by atoms with E-state index in [-0.39, 0.29) is 17.6 Å². The Morgan fingerprint density at radius 2 is 1.81 bits per heavy atom. The lowest BCUT2D eigenvalue weighted by atomic mass is 9.99. The van der Waals surface area contributed by atoms with Crippen LogP contribution in [0.1, 0.15) is 12.8 Å². The van der Waals surface area contributed by atoms with Crippen LogP contribution < -0.4 is 9.80 Å². The molecule has 2 aromatic rings. The number of ketones is 1. The third-order valence-electron chi connectivity index (χ3n) is 5.35. The van der Waals surface area contributed by atoms with Gasteiger partial charge in [0.15, 0.2) is 5.78 Å². The largest absolute Gasteiger partial charge is 0.508 e. The van der Waals surface area contributed by atoms with Crippen molar-refractivity contribution in [2.75, 3.05) is 29.4 Å². The van der Waals surface area contributed by atoms with Crippen LogP contribution in [0.15, 0.2) is 78.4 Å². The highest BCUT2D eigenvalue weighted by Crippen LogP contribution is 2.31. The molecule has 1 aliphatic heterocycles. The number of anilines is 2. The van der Waals surface area contributed by atoms with Crippen molar-refractivity contribution in [1.29, 1.82) is 0 Å². The quantitative estimate of drug-likeness (QED) is 0.897. The van der Waals surface area contributed by atoms with Crippen LogP contribution >= 0.6 is 0 Å². The van der Waals surface area contributed by atoms with Crippen LogP contribution in [0.25, 0.3) is 0 Å². The number of benzene rings is 2. The summed E-state index contributed by atoms with van der Waals surface area (Å²) in [6, 6.07) is 17.9. The smallest absolute Gasteiger partial charge is 0.163 e. The summed E-state index contributed by atoms with van der Waals surface area (Å²) in [4.78, 5) is 17.0. The topological polar surface area (TPSA) is 43.8 Å². The van der Waals surface area contributed by atoms with Crippen LogP contribution in [0.4, 0.5) is 11.4 Å². The van der Waals surface area contributed by atoms with E-state index in [2.05, 4.69) is 40.6 Å². The summed E-state index contributed by atoms with van der Waals surface area (Å²) in [6.45, 7) is 6.51. The van der Waals surface area contributed by atoms with Crippen LogP contribution in [-0.4, -0.2) is 36.6 Å². The second kappa shape index (κ2) is 7.31. The molecule has 4 nitrogen and oxygen atoms in total. The van der Waals surface area contributed by atoms with Crippen molar-refractivity contribution in [3.63, 3.8) is 0 Å². The molecule has 0 amide bonds. The predicted octanol–water partition coefficient (Wildman–Crippen LogP) is 3.93. The molecule has 1 aliphatic carbocycles. The summed E-state index contributed by atoms with van der Waals surface area (Å²) in [5.74, 6) is 0.453. The Morgan fingerprint density at radius 1 is 1.04 bits per heavy atom. The Balaban J connectivity index is 1.61. The second-order valence-electron chi connectivity index (χ2n) is 7.28. The highest BCUT2D eigenvalue weighted by Gasteiger charge is 2.31. The van der Waals surface area contributed by atoms with Gasteiger partial charge in [-0.15, -0.1) is 0 Å². The summed E-state index contributed by atoms with van der Waals surface area (Å²) in [6.07, 6.45) is 3.08. The molecule has 1 atom stereocenters. The number of allylic oxidation sites excluding steroid dienone is 2. The van der Waals surface area contributed by atoms with Crippen LogP contribution in [0, 0.1) is 0 Å². The Labute approximate surface area is 160 Å². The molecule has 0 saturated carbocycles. The van der Waals surface area contributed by atoms with Crippen molar-refractivity contribution < 1.29 is 9.90 Å². The molecule has 1 fully saturated rings. The summed E-state index contributed by atoms with van der Waals surface area (Å²) in [5.41, 5.74) is 3.96. The summed E-state index contributed by atoms with van der Waals surface area (Å²) in [5, 5.41) is 9.91. The van der Waals surface area contributed by atoms with Gasteiger partial charge < -0.3 is 14.9 Å². The Kier molecular flexibility index (Phi) is 4.71. The van der Waals surface area contributed by atoms with Gasteiger partial charge in [0.1, 0.15) is 5.75 Å². The lowest BCUT2D eigenvalue weighted by Crippen LogP contribution is -2.53. The van der Waals surface area contributed by atoms with Crippen LogP contribution in [0.5, 0.6) is 5.75 Å². The van der Waals surface area contributed by atoms with Gasteiger partial charge in [-0.25, -0.2) is 0 Å². The van der Waals surface area contributed by atoms with E-state index in [0.717, 1.165) is 36.5 Å². The van der Waals surface area contributed by atoms with Gasteiger partial charge in [-0.2, -0.15) is 0 Å². The molecule has 2 aromatic carbocycles. The maximum absolute atomic E-state index is 12.3. The fraction of sp³-hybridized carbons (Fsp3) is 0.261. The molecule has 1 N–H and O–H groups in total. The van der Waals surface area contributed by atoms with E-state index in [0.29, 0.717) is 12.8 Å². The highest BCUT2D eigenvalue weighted by atomic mass is 16.3. The van der Waals surface area contributed by atoms with Crippen LogP contribution in [0.3, 0.4) is 0 Å². The van der Waals surface area contributed by atoms with Gasteiger partial charge in [0, 0.05) is 43.5 Å². The third-order valence-corrected chi connectivity index (χ3v) is 5.35. The standard InChI is InChI=1S/C23H24N2O2/c1-17-12-18(23(27)13-17)14-21-16-24(19-6-3-2-4-7-19)10-11-25(21)20-8-5-9-22(26)15-20/h2-9,12,15,21,26H,1,10-11,13-14,16H2. The summed E-state index contributed by atoms with van der Waals surface area (Å²) < 4.78 is 0. The van der Waals surface area contributed by atoms with Gasteiger partial charge in [-0.05, 0) is 41.8 Å². The molecule has 27 heavy (non-hydrogen) atoms. The summed E-state index contributed by atoms with van der Waals surface area (Å²) >= 11 is 0. The number of nitrogens with zero attached hydrogens (tertiary/aromatic N) is 2. The van der Waals surface area contributed by atoms with Gasteiger partial charge in [-0.3, -0.25) is 4.79 Å². The number of Topliss-reactive ketones (excluding diaryl/α,β-unsaturated/α-hetero) is 1. The summed E-state index contributed by atoms with van der Waals surface area (Å²) in [7, 11) is 0. The first kappa shape index (κ1) is 17.4. The average Bonchev–Trinajstić information content (AvgIpc) is 2.99. The first-order valence-electron chi connectivity index (χ1n) is 9.37. The number of hydrogen-bond donors (Lipinski definition) is 1. The maximum atomic E-state index is 12.3. The first-order chi connectivity index (χ1) is 13.1. The minimum absolute atomic E-state index is 0.154. The van der Waals surface area contributed by atoms with Gasteiger partial charge in [0.25, 0.3) is 0 Å². The van der Waals surface area contributed by atoms with E-state index in [1.165, 1.54) is 5.69 Å². The molecule has 0 aromatic heterocycles. The zero-order valence-electron chi connectivity index (χ0n) is 15.3. The fourth-order valence-electron chi connectivity index (χ4n) is 4.04. The van der Waals surface area contributed by atoms with Crippen molar-refractivity contribution in [3.8, 4) is 5.75 Å². The normalized spacial score (nSPS) is 20.1. The number of carbonyl (C=O) groups is 1. The number of hydrogen-bond acceptors (Lipinski definition) is 4. The molecule has 2 aliphatic rings. The minimum atomic E-state index is 0.154. The van der Waals surface area contributed by atoms with Crippen molar-refractivity contribution >= 4 is 17.2 Å². The maximum Gasteiger partial charge on any atom is 0.163 e. The second-order valence-corrected chi connectivity index (χ2v) is 7.28. The molecule has 1 saturated heterocycles. The molecule has 1 heterocycles. The number of carbonyl (C=O) groups excluding carboxylic acids is 1. The first-order valence-corrected chi connectivity index (χ1v) is 9.37. The molecular weight excluding hydrogens is 336 g/mol. The van der Waals surface area contributed by atoms with Crippen molar-refractivity contribution in [3.05, 3.63) is 78.4 Å². The van der Waals surface area contributed by atoms with Crippen molar-refractivity contribution in [2.45, 2.75) is 18.9 Å². The molecule has 0 bridgehead atoms. The minimum Gasteiger partial charge on any atom is -0.508 e. The predicted molar refractivity (Wildman–Crippen MR) is 109 cm³/mol. The molecule has 0 spiro atoms. The van der Waals surface area contributed by atoms with E-state index in [1.54, 1.807) is 12.1 Å². The SMILES string of the molecule is C=C1C=C(CC2CN(c3ccccc3)CCN2c2cccc(O)c2)C(=O)C1. The van der Waals surface area contributed by atoms with Crippen molar-refractivity contribution in [2.24, 2.45) is 0 Å². The zero-order chi connectivity index (χ0) is 18.8. The highest BCUT2D eigenvalue weighted by molar-refractivity contribution is 6.01. The molecule has 0 radical (unpaired) electrons. The Hall–Kier alpha value is -3.01. The van der Waals surface area contributed by atoms with Gasteiger partial charge in [0.2, 0.25) is 0 Å².